The Kier molecular flexibility index (Phi) is 4.48. The Morgan fingerprint density at radius 1 is 1.25 bits per heavy atom. The average Bonchev–Trinajstić information content (AvgIpc) is 3.09. The van der Waals surface area contributed by atoms with Gasteiger partial charge in [-0.05, 0) is 29.3 Å². The van der Waals surface area contributed by atoms with Crippen LogP contribution in [0.1, 0.15) is 17.2 Å². The van der Waals surface area contributed by atoms with E-state index in [2.05, 4.69) is 4.98 Å². The summed E-state index contributed by atoms with van der Waals surface area (Å²) in [5, 5.41) is 11.9. The summed E-state index contributed by atoms with van der Waals surface area (Å²) < 4.78 is 6.95. The molecule has 7 heteroatoms. The highest BCUT2D eigenvalue weighted by Gasteiger charge is 2.22. The zero-order valence-electron chi connectivity index (χ0n) is 12.8. The van der Waals surface area contributed by atoms with Crippen LogP contribution in [-0.4, -0.2) is 21.6 Å². The van der Waals surface area contributed by atoms with Crippen molar-refractivity contribution in [1.29, 1.82) is 0 Å². The zero-order chi connectivity index (χ0) is 17.1. The number of hydrogen-bond donors (Lipinski definition) is 0. The summed E-state index contributed by atoms with van der Waals surface area (Å²) in [6.07, 6.45) is 5.14. The van der Waals surface area contributed by atoms with Gasteiger partial charge in [-0.15, -0.1) is 0 Å². The maximum absolute atomic E-state index is 11.3. The van der Waals surface area contributed by atoms with E-state index in [1.807, 2.05) is 29.0 Å². The lowest BCUT2D eigenvalue weighted by atomic mass is 9.98. The zero-order valence-corrected chi connectivity index (χ0v) is 13.6. The monoisotopic (exact) mass is 343 g/mol. The summed E-state index contributed by atoms with van der Waals surface area (Å²) in [4.78, 5) is 14.9. The fourth-order valence-corrected chi connectivity index (χ4v) is 2.85. The van der Waals surface area contributed by atoms with Crippen molar-refractivity contribution in [1.82, 2.24) is 9.55 Å². The van der Waals surface area contributed by atoms with Crippen molar-refractivity contribution < 1.29 is 9.66 Å². The van der Waals surface area contributed by atoms with Gasteiger partial charge >= 0.3 is 5.69 Å². The number of nitro benzene ring substituents is 1. The summed E-state index contributed by atoms with van der Waals surface area (Å²) in [5.41, 5.74) is 1.56. The van der Waals surface area contributed by atoms with Gasteiger partial charge in [0.05, 0.1) is 24.4 Å². The molecule has 1 atom stereocenters. The third kappa shape index (κ3) is 3.09. The Hall–Kier alpha value is -2.86. The molecule has 0 fully saturated rings. The molecule has 0 aliphatic heterocycles. The van der Waals surface area contributed by atoms with Crippen LogP contribution in [0, 0.1) is 10.1 Å². The summed E-state index contributed by atoms with van der Waals surface area (Å²) in [6.45, 7) is 0. The number of nitrogens with zero attached hydrogens (tertiary/aromatic N) is 3. The van der Waals surface area contributed by atoms with Crippen molar-refractivity contribution >= 4 is 17.3 Å². The number of methoxy groups -OCH3 is 1. The van der Waals surface area contributed by atoms with E-state index in [-0.39, 0.29) is 17.5 Å². The topological polar surface area (TPSA) is 70.2 Å². The molecule has 0 N–H and O–H groups in total. The minimum absolute atomic E-state index is 0.0813. The Morgan fingerprint density at radius 3 is 2.67 bits per heavy atom. The van der Waals surface area contributed by atoms with Crippen molar-refractivity contribution in [3.63, 3.8) is 0 Å². The largest absolute Gasteiger partial charge is 0.490 e. The van der Waals surface area contributed by atoms with Crippen LogP contribution in [-0.2, 0) is 0 Å². The van der Waals surface area contributed by atoms with Crippen LogP contribution in [0.25, 0.3) is 0 Å². The molecule has 24 heavy (non-hydrogen) atoms. The lowest BCUT2D eigenvalue weighted by Crippen LogP contribution is -2.11. The minimum atomic E-state index is -0.453. The molecule has 0 amide bonds. The number of nitro groups is 1. The maximum atomic E-state index is 11.3. The molecule has 6 nitrogen and oxygen atoms in total. The summed E-state index contributed by atoms with van der Waals surface area (Å²) >= 11 is 6.11. The first-order valence-corrected chi connectivity index (χ1v) is 7.53. The fourth-order valence-electron chi connectivity index (χ4n) is 2.66. The second-order valence-corrected chi connectivity index (χ2v) is 5.59. The predicted molar refractivity (Wildman–Crippen MR) is 90.6 cm³/mol. The highest BCUT2D eigenvalue weighted by atomic mass is 35.5. The molecule has 0 saturated carbocycles. The molecule has 0 bridgehead atoms. The Bertz CT molecular complexity index is 865. The lowest BCUT2D eigenvalue weighted by molar-refractivity contribution is -0.385. The van der Waals surface area contributed by atoms with Gasteiger partial charge in [-0.3, -0.25) is 10.1 Å². The smallest absolute Gasteiger partial charge is 0.311 e. The molecule has 0 aliphatic rings. The van der Waals surface area contributed by atoms with Crippen LogP contribution in [0.2, 0.25) is 5.02 Å². The van der Waals surface area contributed by atoms with Gasteiger partial charge in [0.2, 0.25) is 0 Å². The Morgan fingerprint density at radius 2 is 2.04 bits per heavy atom. The standard InChI is InChI=1S/C17H14ClN3O3/c1-24-16-6-5-13(10-15(16)21(22)23)17(20-8-7-19-11-20)12-3-2-4-14(18)9-12/h2-11,17H,1H3. The fraction of sp³-hybridized carbons (Fsp3) is 0.118. The van der Waals surface area contributed by atoms with Gasteiger partial charge in [0, 0.05) is 23.5 Å². The second-order valence-electron chi connectivity index (χ2n) is 5.16. The highest BCUT2D eigenvalue weighted by molar-refractivity contribution is 6.30. The van der Waals surface area contributed by atoms with Crippen molar-refractivity contribution in [3.8, 4) is 5.75 Å². The Labute approximate surface area is 143 Å². The van der Waals surface area contributed by atoms with Crippen molar-refractivity contribution in [3.05, 3.63) is 87.4 Å². The van der Waals surface area contributed by atoms with Crippen LogP contribution in [0.4, 0.5) is 5.69 Å². The van der Waals surface area contributed by atoms with Gasteiger partial charge in [-0.25, -0.2) is 4.98 Å². The normalized spacial score (nSPS) is 11.9. The van der Waals surface area contributed by atoms with E-state index in [4.69, 9.17) is 16.3 Å². The molecule has 1 heterocycles. The number of benzene rings is 2. The number of imidazole rings is 1. The van der Waals surface area contributed by atoms with Gasteiger partial charge in [-0.1, -0.05) is 29.8 Å². The molecule has 1 unspecified atom stereocenters. The van der Waals surface area contributed by atoms with Gasteiger partial charge in [0.25, 0.3) is 0 Å². The van der Waals surface area contributed by atoms with E-state index in [0.29, 0.717) is 5.02 Å². The van der Waals surface area contributed by atoms with Crippen molar-refractivity contribution in [2.75, 3.05) is 7.11 Å². The number of hydrogen-bond acceptors (Lipinski definition) is 4. The molecule has 3 aromatic rings. The molecular weight excluding hydrogens is 330 g/mol. The van der Waals surface area contributed by atoms with Gasteiger partial charge in [0.1, 0.15) is 0 Å². The number of rotatable bonds is 5. The van der Waals surface area contributed by atoms with Crippen LogP contribution in [0.5, 0.6) is 5.75 Å². The third-order valence-corrected chi connectivity index (χ3v) is 3.94. The molecule has 0 saturated heterocycles. The minimum Gasteiger partial charge on any atom is -0.490 e. The number of aromatic nitrogens is 2. The number of halogens is 1. The van der Waals surface area contributed by atoms with Crippen molar-refractivity contribution in [2.24, 2.45) is 0 Å². The summed E-state index contributed by atoms with van der Waals surface area (Å²) in [7, 11) is 1.41. The first-order valence-electron chi connectivity index (χ1n) is 7.15. The van der Waals surface area contributed by atoms with Crippen LogP contribution in [0.15, 0.2) is 61.2 Å². The first-order chi connectivity index (χ1) is 11.6. The molecule has 122 valence electrons. The second kappa shape index (κ2) is 6.72. The lowest BCUT2D eigenvalue weighted by Gasteiger charge is -2.20. The molecule has 0 radical (unpaired) electrons. The highest BCUT2D eigenvalue weighted by Crippen LogP contribution is 2.34. The van der Waals surface area contributed by atoms with Crippen LogP contribution < -0.4 is 4.74 Å². The third-order valence-electron chi connectivity index (χ3n) is 3.70. The molecular formula is C17H14ClN3O3. The van der Waals surface area contributed by atoms with E-state index >= 15 is 0 Å². The van der Waals surface area contributed by atoms with Gasteiger partial charge in [-0.2, -0.15) is 0 Å². The first kappa shape index (κ1) is 16.0. The van der Waals surface area contributed by atoms with E-state index in [1.165, 1.54) is 13.2 Å². The quantitative estimate of drug-likeness (QED) is 0.516. The SMILES string of the molecule is COc1ccc(C(c2cccc(Cl)c2)n2ccnc2)cc1[N+](=O)[O-]. The van der Waals surface area contributed by atoms with Gasteiger partial charge < -0.3 is 9.30 Å². The van der Waals surface area contributed by atoms with Crippen LogP contribution >= 0.6 is 11.6 Å². The van der Waals surface area contributed by atoms with Crippen LogP contribution in [0.3, 0.4) is 0 Å². The van der Waals surface area contributed by atoms with Gasteiger partial charge in [0.15, 0.2) is 5.75 Å². The van der Waals surface area contributed by atoms with E-state index < -0.39 is 4.92 Å². The molecule has 2 aromatic carbocycles. The molecule has 1 aromatic heterocycles. The predicted octanol–water partition coefficient (Wildman–Crippen LogP) is 4.09. The maximum Gasteiger partial charge on any atom is 0.311 e. The van der Waals surface area contributed by atoms with E-state index in [1.54, 1.807) is 30.7 Å². The summed E-state index contributed by atoms with van der Waals surface area (Å²) in [5.74, 6) is 0.222. The number of ether oxygens (including phenoxy) is 1. The Balaban J connectivity index is 2.17. The molecule has 0 spiro atoms. The average molecular weight is 344 g/mol. The molecule has 0 aliphatic carbocycles. The van der Waals surface area contributed by atoms with E-state index in [0.717, 1.165) is 11.1 Å². The molecule has 3 rings (SSSR count). The van der Waals surface area contributed by atoms with Crippen molar-refractivity contribution in [2.45, 2.75) is 6.04 Å². The summed E-state index contributed by atoms with van der Waals surface area (Å²) in [6, 6.07) is 12.0. The van der Waals surface area contributed by atoms with E-state index in [9.17, 15) is 10.1 Å².